The average Bonchev–Trinajstić information content (AvgIpc) is 2.37. The molecule has 1 aliphatic heterocycles. The minimum absolute atomic E-state index is 0.0204. The molecule has 1 saturated heterocycles. The first-order valence-corrected chi connectivity index (χ1v) is 6.46. The van der Waals surface area contributed by atoms with Gasteiger partial charge in [0.25, 0.3) is 0 Å². The van der Waals surface area contributed by atoms with Crippen LogP contribution in [0.25, 0.3) is 0 Å². The molecule has 0 saturated carbocycles. The van der Waals surface area contributed by atoms with Crippen LogP contribution in [0, 0.1) is 5.41 Å². The van der Waals surface area contributed by atoms with E-state index in [1.807, 2.05) is 6.92 Å². The summed E-state index contributed by atoms with van der Waals surface area (Å²) in [5.74, 6) is -0.879. The Morgan fingerprint density at radius 1 is 1.47 bits per heavy atom. The summed E-state index contributed by atoms with van der Waals surface area (Å²) in [7, 11) is 0. The van der Waals surface area contributed by atoms with Crippen molar-refractivity contribution in [3.8, 4) is 0 Å². The van der Waals surface area contributed by atoms with Gasteiger partial charge in [0.1, 0.15) is 0 Å². The van der Waals surface area contributed by atoms with Crippen LogP contribution in [0.1, 0.15) is 26.2 Å². The highest BCUT2D eigenvalue weighted by molar-refractivity contribution is 5.78. The fraction of sp³-hybridized carbons (Fsp3) is 0.692. The number of urea groups is 1. The second-order valence-corrected chi connectivity index (χ2v) is 4.95. The molecule has 1 aliphatic rings. The Morgan fingerprint density at radius 2 is 2.11 bits per heavy atom. The molecule has 0 aromatic carbocycles. The van der Waals surface area contributed by atoms with E-state index in [1.165, 1.54) is 0 Å². The van der Waals surface area contributed by atoms with E-state index in [1.54, 1.807) is 6.08 Å². The van der Waals surface area contributed by atoms with Gasteiger partial charge in [0, 0.05) is 25.8 Å². The van der Waals surface area contributed by atoms with Crippen LogP contribution in [-0.2, 0) is 9.53 Å². The number of rotatable bonds is 6. The third kappa shape index (κ3) is 4.55. The van der Waals surface area contributed by atoms with Crippen molar-refractivity contribution in [3.05, 3.63) is 12.7 Å². The lowest BCUT2D eigenvalue weighted by molar-refractivity contribution is -0.154. The first-order chi connectivity index (χ1) is 9.00. The normalized spacial score (nSPS) is 19.2. The lowest BCUT2D eigenvalue weighted by Gasteiger charge is -2.33. The maximum absolute atomic E-state index is 11.7. The number of hydrogen-bond donors (Lipinski definition) is 3. The predicted octanol–water partition coefficient (Wildman–Crippen LogP) is 1.13. The molecule has 0 radical (unpaired) electrons. The number of carboxylic acid groups (broad SMARTS) is 1. The zero-order chi connectivity index (χ0) is 14.3. The van der Waals surface area contributed by atoms with Gasteiger partial charge in [-0.05, 0) is 26.2 Å². The molecule has 3 N–H and O–H groups in total. The summed E-state index contributed by atoms with van der Waals surface area (Å²) in [5, 5.41) is 14.7. The van der Waals surface area contributed by atoms with Gasteiger partial charge < -0.3 is 20.5 Å². The van der Waals surface area contributed by atoms with Crippen LogP contribution in [0.15, 0.2) is 12.7 Å². The quantitative estimate of drug-likeness (QED) is 0.631. The largest absolute Gasteiger partial charge is 0.481 e. The second kappa shape index (κ2) is 7.13. The van der Waals surface area contributed by atoms with Gasteiger partial charge in [-0.15, -0.1) is 6.58 Å². The standard InChI is InChI=1S/C13H22N2O4/c1-3-4-10(2)15-12(18)14-9-13(11(16)17)5-7-19-8-6-13/h3,10H,1,4-9H2,2H3,(H,16,17)(H2,14,15,18). The number of amides is 2. The molecule has 0 aromatic heterocycles. The zero-order valence-electron chi connectivity index (χ0n) is 11.3. The van der Waals surface area contributed by atoms with E-state index in [-0.39, 0.29) is 18.6 Å². The van der Waals surface area contributed by atoms with Crippen molar-refractivity contribution >= 4 is 12.0 Å². The van der Waals surface area contributed by atoms with Crippen LogP contribution in [0.2, 0.25) is 0 Å². The van der Waals surface area contributed by atoms with Crippen LogP contribution in [0.5, 0.6) is 0 Å². The molecular formula is C13H22N2O4. The topological polar surface area (TPSA) is 87.7 Å². The number of carbonyl (C=O) groups is 2. The second-order valence-electron chi connectivity index (χ2n) is 4.95. The molecule has 0 aliphatic carbocycles. The molecule has 108 valence electrons. The van der Waals surface area contributed by atoms with E-state index in [0.717, 1.165) is 0 Å². The highest BCUT2D eigenvalue weighted by Crippen LogP contribution is 2.29. The Bertz CT molecular complexity index is 338. The molecule has 0 spiro atoms. The number of carboxylic acids is 1. The molecular weight excluding hydrogens is 248 g/mol. The lowest BCUT2D eigenvalue weighted by Crippen LogP contribution is -2.50. The summed E-state index contributed by atoms with van der Waals surface area (Å²) in [6, 6.07) is -0.366. The Morgan fingerprint density at radius 3 is 2.63 bits per heavy atom. The Labute approximate surface area is 113 Å². The third-order valence-corrected chi connectivity index (χ3v) is 3.39. The molecule has 1 heterocycles. The minimum atomic E-state index is -0.905. The van der Waals surface area contributed by atoms with Crippen molar-refractivity contribution in [2.45, 2.75) is 32.2 Å². The van der Waals surface area contributed by atoms with Crippen molar-refractivity contribution in [1.82, 2.24) is 10.6 Å². The maximum atomic E-state index is 11.7. The van der Waals surface area contributed by atoms with Gasteiger partial charge in [0.2, 0.25) is 0 Å². The van der Waals surface area contributed by atoms with E-state index in [0.29, 0.717) is 32.5 Å². The van der Waals surface area contributed by atoms with Gasteiger partial charge in [0.15, 0.2) is 0 Å². The van der Waals surface area contributed by atoms with E-state index in [4.69, 9.17) is 4.74 Å². The first kappa shape index (κ1) is 15.5. The van der Waals surface area contributed by atoms with E-state index in [2.05, 4.69) is 17.2 Å². The molecule has 2 amide bonds. The fourth-order valence-electron chi connectivity index (χ4n) is 2.06. The van der Waals surface area contributed by atoms with Gasteiger partial charge in [-0.25, -0.2) is 4.79 Å². The van der Waals surface area contributed by atoms with Crippen molar-refractivity contribution in [2.24, 2.45) is 5.41 Å². The molecule has 0 bridgehead atoms. The summed E-state index contributed by atoms with van der Waals surface area (Å²) in [6.45, 7) is 6.42. The molecule has 6 nitrogen and oxygen atoms in total. The zero-order valence-corrected chi connectivity index (χ0v) is 11.3. The van der Waals surface area contributed by atoms with Crippen molar-refractivity contribution in [3.63, 3.8) is 0 Å². The fourth-order valence-corrected chi connectivity index (χ4v) is 2.06. The van der Waals surface area contributed by atoms with Crippen molar-refractivity contribution in [1.29, 1.82) is 0 Å². The van der Waals surface area contributed by atoms with Gasteiger partial charge in [-0.3, -0.25) is 4.79 Å². The maximum Gasteiger partial charge on any atom is 0.315 e. The van der Waals surface area contributed by atoms with Gasteiger partial charge in [-0.1, -0.05) is 6.08 Å². The Hall–Kier alpha value is -1.56. The molecule has 1 atom stereocenters. The number of aliphatic carboxylic acids is 1. The number of ether oxygens (including phenoxy) is 1. The van der Waals surface area contributed by atoms with Crippen molar-refractivity contribution in [2.75, 3.05) is 19.8 Å². The van der Waals surface area contributed by atoms with Gasteiger partial charge in [-0.2, -0.15) is 0 Å². The Kier molecular flexibility index (Phi) is 5.82. The van der Waals surface area contributed by atoms with Crippen LogP contribution < -0.4 is 10.6 Å². The highest BCUT2D eigenvalue weighted by atomic mass is 16.5. The summed E-state index contributed by atoms with van der Waals surface area (Å²) in [6.07, 6.45) is 3.24. The predicted molar refractivity (Wildman–Crippen MR) is 70.9 cm³/mol. The number of hydrogen-bond acceptors (Lipinski definition) is 3. The molecule has 1 fully saturated rings. The Balaban J connectivity index is 2.46. The summed E-state index contributed by atoms with van der Waals surface area (Å²) < 4.78 is 5.18. The van der Waals surface area contributed by atoms with E-state index < -0.39 is 11.4 Å². The van der Waals surface area contributed by atoms with E-state index in [9.17, 15) is 14.7 Å². The average molecular weight is 270 g/mol. The van der Waals surface area contributed by atoms with Crippen molar-refractivity contribution < 1.29 is 19.4 Å². The van der Waals surface area contributed by atoms with Gasteiger partial charge >= 0.3 is 12.0 Å². The molecule has 0 aromatic rings. The molecule has 1 unspecified atom stereocenters. The smallest absolute Gasteiger partial charge is 0.315 e. The first-order valence-electron chi connectivity index (χ1n) is 6.46. The molecule has 1 rings (SSSR count). The highest BCUT2D eigenvalue weighted by Gasteiger charge is 2.40. The SMILES string of the molecule is C=CCC(C)NC(=O)NCC1(C(=O)O)CCOCC1. The third-order valence-electron chi connectivity index (χ3n) is 3.39. The molecule has 6 heteroatoms. The monoisotopic (exact) mass is 270 g/mol. The minimum Gasteiger partial charge on any atom is -0.481 e. The summed E-state index contributed by atoms with van der Waals surface area (Å²) in [5.41, 5.74) is -0.905. The van der Waals surface area contributed by atoms with E-state index >= 15 is 0 Å². The van der Waals surface area contributed by atoms with Crippen LogP contribution >= 0.6 is 0 Å². The van der Waals surface area contributed by atoms with Crippen LogP contribution in [0.3, 0.4) is 0 Å². The number of carbonyl (C=O) groups excluding carboxylic acids is 1. The molecule has 19 heavy (non-hydrogen) atoms. The number of nitrogens with one attached hydrogen (secondary N) is 2. The summed E-state index contributed by atoms with van der Waals surface area (Å²) >= 11 is 0. The van der Waals surface area contributed by atoms with Crippen LogP contribution in [-0.4, -0.2) is 42.9 Å². The van der Waals surface area contributed by atoms with Crippen LogP contribution in [0.4, 0.5) is 4.79 Å². The van der Waals surface area contributed by atoms with Gasteiger partial charge in [0.05, 0.1) is 5.41 Å². The summed E-state index contributed by atoms with van der Waals surface area (Å²) in [4.78, 5) is 23.0. The lowest BCUT2D eigenvalue weighted by atomic mass is 9.80.